The van der Waals surface area contributed by atoms with Gasteiger partial charge in [0.15, 0.2) is 0 Å². The van der Waals surface area contributed by atoms with E-state index in [-0.39, 0.29) is 17.5 Å². The Balaban J connectivity index is 2.42. The third-order valence-electron chi connectivity index (χ3n) is 4.82. The molecule has 1 unspecified atom stereocenters. The Hall–Kier alpha value is -2.14. The molecule has 1 heterocycles. The molecular weight excluding hydrogens is 330 g/mol. The van der Waals surface area contributed by atoms with Gasteiger partial charge >= 0.3 is 11.6 Å². The van der Waals surface area contributed by atoms with E-state index in [1.165, 1.54) is 12.7 Å². The normalized spacial score (nSPS) is 12.8. The van der Waals surface area contributed by atoms with Gasteiger partial charge in [-0.05, 0) is 48.2 Å². The third kappa shape index (κ3) is 4.52. The van der Waals surface area contributed by atoms with Gasteiger partial charge < -0.3 is 9.15 Å². The van der Waals surface area contributed by atoms with Gasteiger partial charge in [-0.15, -0.1) is 0 Å². The van der Waals surface area contributed by atoms with Crippen molar-refractivity contribution in [3.05, 3.63) is 45.3 Å². The van der Waals surface area contributed by atoms with Gasteiger partial charge in [0.25, 0.3) is 0 Å². The highest BCUT2D eigenvalue weighted by Gasteiger charge is 2.19. The van der Waals surface area contributed by atoms with Gasteiger partial charge in [0.2, 0.25) is 0 Å². The number of esters is 1. The molecule has 5 heteroatoms. The van der Waals surface area contributed by atoms with Gasteiger partial charge in [-0.2, -0.15) is 0 Å². The summed E-state index contributed by atoms with van der Waals surface area (Å²) in [5, 5.41) is 0.961. The van der Waals surface area contributed by atoms with Crippen molar-refractivity contribution in [2.45, 2.75) is 47.1 Å². The zero-order valence-corrected chi connectivity index (χ0v) is 16.6. The number of methoxy groups -OCH3 is 1. The van der Waals surface area contributed by atoms with Crippen LogP contribution in [0.4, 0.5) is 0 Å². The summed E-state index contributed by atoms with van der Waals surface area (Å²) in [4.78, 5) is 25.9. The Kier molecular flexibility index (Phi) is 6.59. The van der Waals surface area contributed by atoms with Crippen LogP contribution in [-0.2, 0) is 16.1 Å². The quantitative estimate of drug-likeness (QED) is 0.555. The van der Waals surface area contributed by atoms with Crippen molar-refractivity contribution >= 4 is 16.9 Å². The summed E-state index contributed by atoms with van der Waals surface area (Å²) in [6, 6.07) is 5.64. The summed E-state index contributed by atoms with van der Waals surface area (Å²) >= 11 is 0. The van der Waals surface area contributed by atoms with Crippen LogP contribution in [0.25, 0.3) is 11.0 Å². The molecule has 0 spiro atoms. The number of hydrogen-bond acceptors (Lipinski definition) is 5. The summed E-state index contributed by atoms with van der Waals surface area (Å²) in [6.07, 6.45) is 0. The predicted molar refractivity (Wildman–Crippen MR) is 103 cm³/mol. The number of benzene rings is 1. The number of carbonyl (C=O) groups excluding carboxylic acids is 1. The minimum atomic E-state index is -0.346. The first kappa shape index (κ1) is 20.2. The number of carbonyl (C=O) groups is 1. The smallest absolute Gasteiger partial charge is 0.336 e. The van der Waals surface area contributed by atoms with E-state index in [4.69, 9.17) is 9.15 Å². The van der Waals surface area contributed by atoms with Crippen LogP contribution in [0.2, 0.25) is 0 Å². The number of nitrogens with zero attached hydrogens (tertiary/aromatic N) is 1. The Bertz CT molecular complexity index is 838. The first-order chi connectivity index (χ1) is 12.3. The van der Waals surface area contributed by atoms with Gasteiger partial charge in [0.1, 0.15) is 5.58 Å². The van der Waals surface area contributed by atoms with Crippen molar-refractivity contribution in [3.63, 3.8) is 0 Å². The number of hydrogen-bond donors (Lipinski definition) is 0. The molecule has 0 saturated carbocycles. The Morgan fingerprint density at radius 1 is 1.23 bits per heavy atom. The molecule has 0 bridgehead atoms. The van der Waals surface area contributed by atoms with Gasteiger partial charge in [0.05, 0.1) is 13.0 Å². The lowest BCUT2D eigenvalue weighted by molar-refractivity contribution is -0.145. The molecule has 2 rings (SSSR count). The molecule has 0 fully saturated rings. The van der Waals surface area contributed by atoms with Crippen LogP contribution in [0.3, 0.4) is 0 Å². The molecule has 1 aromatic heterocycles. The number of fused-ring (bicyclic) bond motifs is 1. The average Bonchev–Trinajstić information content (AvgIpc) is 2.58. The third-order valence-corrected chi connectivity index (χ3v) is 4.82. The highest BCUT2D eigenvalue weighted by atomic mass is 16.5. The van der Waals surface area contributed by atoms with E-state index in [0.717, 1.165) is 23.1 Å². The van der Waals surface area contributed by atoms with Crippen molar-refractivity contribution in [1.29, 1.82) is 0 Å². The monoisotopic (exact) mass is 359 g/mol. The molecule has 2 aromatic rings. The van der Waals surface area contributed by atoms with Crippen LogP contribution in [0.1, 0.15) is 50.3 Å². The first-order valence-corrected chi connectivity index (χ1v) is 9.14. The van der Waals surface area contributed by atoms with E-state index in [9.17, 15) is 9.59 Å². The first-order valence-electron chi connectivity index (χ1n) is 9.14. The Morgan fingerprint density at radius 2 is 1.92 bits per heavy atom. The fourth-order valence-electron chi connectivity index (χ4n) is 3.35. The van der Waals surface area contributed by atoms with Crippen LogP contribution < -0.4 is 5.63 Å². The standard InChI is InChI=1S/C21H29NO4/c1-7-22(11-15(5)21(24)25-6)12-16-9-20(23)26-19-8-14(4)17(13(2)3)10-18(16)19/h8-10,13,15H,7,11-12H2,1-6H3. The topological polar surface area (TPSA) is 59.8 Å². The highest BCUT2D eigenvalue weighted by Crippen LogP contribution is 2.27. The molecule has 1 aromatic carbocycles. The second-order valence-corrected chi connectivity index (χ2v) is 7.20. The van der Waals surface area contributed by atoms with Crippen LogP contribution in [0.15, 0.2) is 27.4 Å². The summed E-state index contributed by atoms with van der Waals surface area (Å²) in [5.41, 5.74) is 3.57. The van der Waals surface area contributed by atoms with Crippen molar-refractivity contribution in [2.24, 2.45) is 5.92 Å². The average molecular weight is 359 g/mol. The lowest BCUT2D eigenvalue weighted by atomic mass is 9.94. The number of aryl methyl sites for hydroxylation is 1. The molecule has 0 amide bonds. The van der Waals surface area contributed by atoms with E-state index in [2.05, 4.69) is 24.8 Å². The SMILES string of the molecule is CCN(Cc1cc(=O)oc2cc(C)c(C(C)C)cc12)CC(C)C(=O)OC. The predicted octanol–water partition coefficient (Wildman–Crippen LogP) is 3.86. The number of rotatable bonds is 7. The Morgan fingerprint density at radius 3 is 2.50 bits per heavy atom. The van der Waals surface area contributed by atoms with Crippen molar-refractivity contribution in [2.75, 3.05) is 20.2 Å². The van der Waals surface area contributed by atoms with E-state index in [0.29, 0.717) is 24.6 Å². The molecule has 0 aliphatic heterocycles. The van der Waals surface area contributed by atoms with Crippen molar-refractivity contribution in [3.8, 4) is 0 Å². The minimum Gasteiger partial charge on any atom is -0.469 e. The Labute approximate surface area is 154 Å². The van der Waals surface area contributed by atoms with Gasteiger partial charge in [0, 0.05) is 24.5 Å². The van der Waals surface area contributed by atoms with E-state index in [1.807, 2.05) is 26.8 Å². The maximum absolute atomic E-state index is 12.0. The fraction of sp³-hybridized carbons (Fsp3) is 0.524. The molecule has 1 atom stereocenters. The van der Waals surface area contributed by atoms with Crippen molar-refractivity contribution < 1.29 is 13.9 Å². The second kappa shape index (κ2) is 8.49. The highest BCUT2D eigenvalue weighted by molar-refractivity contribution is 5.82. The minimum absolute atomic E-state index is 0.222. The zero-order chi connectivity index (χ0) is 19.4. The van der Waals surface area contributed by atoms with E-state index < -0.39 is 0 Å². The summed E-state index contributed by atoms with van der Waals surface area (Å²) in [5.74, 6) is -0.0563. The number of ether oxygens (including phenoxy) is 1. The molecule has 0 aliphatic rings. The van der Waals surface area contributed by atoms with Crippen LogP contribution in [0.5, 0.6) is 0 Å². The van der Waals surface area contributed by atoms with Gasteiger partial charge in [-0.3, -0.25) is 9.69 Å². The molecule has 0 aliphatic carbocycles. The summed E-state index contributed by atoms with van der Waals surface area (Å²) in [6.45, 7) is 12.2. The second-order valence-electron chi connectivity index (χ2n) is 7.20. The molecule has 0 radical (unpaired) electrons. The zero-order valence-electron chi connectivity index (χ0n) is 16.6. The van der Waals surface area contributed by atoms with Crippen molar-refractivity contribution in [1.82, 2.24) is 4.90 Å². The van der Waals surface area contributed by atoms with Crippen LogP contribution in [-0.4, -0.2) is 31.1 Å². The molecular formula is C21H29NO4. The molecule has 0 N–H and O–H groups in total. The van der Waals surface area contributed by atoms with Gasteiger partial charge in [-0.25, -0.2) is 4.79 Å². The summed E-state index contributed by atoms with van der Waals surface area (Å²) < 4.78 is 10.2. The molecule has 142 valence electrons. The molecule has 0 saturated heterocycles. The maximum Gasteiger partial charge on any atom is 0.336 e. The van der Waals surface area contributed by atoms with E-state index in [1.54, 1.807) is 6.07 Å². The van der Waals surface area contributed by atoms with Crippen LogP contribution in [0, 0.1) is 12.8 Å². The molecule has 5 nitrogen and oxygen atoms in total. The lowest BCUT2D eigenvalue weighted by Crippen LogP contribution is -2.32. The molecule has 26 heavy (non-hydrogen) atoms. The van der Waals surface area contributed by atoms with E-state index >= 15 is 0 Å². The largest absolute Gasteiger partial charge is 0.469 e. The fourth-order valence-corrected chi connectivity index (χ4v) is 3.35. The van der Waals surface area contributed by atoms with Gasteiger partial charge in [-0.1, -0.05) is 27.7 Å². The maximum atomic E-state index is 12.0. The lowest BCUT2D eigenvalue weighted by Gasteiger charge is -2.24. The van der Waals surface area contributed by atoms with Crippen LogP contribution >= 0.6 is 0 Å². The summed E-state index contributed by atoms with van der Waals surface area (Å²) in [7, 11) is 1.40.